The number of hydrogen-bond donors (Lipinski definition) is 2. The van der Waals surface area contributed by atoms with E-state index in [4.69, 9.17) is 21.1 Å². The standard InChI is InChI=1S/C20H22ClFN2O3/c1-26-18-7-4-15(21)12-17(18)24-19(25)23-13-20(8-10-27-11-9-20)14-2-5-16(22)6-3-14/h2-7,12H,8-11,13H2,1H3,(H2,23,24,25). The van der Waals surface area contributed by atoms with Gasteiger partial charge in [0.2, 0.25) is 0 Å². The summed E-state index contributed by atoms with van der Waals surface area (Å²) in [6.45, 7) is 1.61. The van der Waals surface area contributed by atoms with Gasteiger partial charge in [0, 0.05) is 30.2 Å². The third-order valence-corrected chi connectivity index (χ3v) is 5.14. The van der Waals surface area contributed by atoms with Crippen LogP contribution in [-0.4, -0.2) is 32.9 Å². The summed E-state index contributed by atoms with van der Waals surface area (Å²) in [4.78, 5) is 12.5. The van der Waals surface area contributed by atoms with Crippen molar-refractivity contribution >= 4 is 23.3 Å². The third-order valence-electron chi connectivity index (χ3n) is 4.90. The van der Waals surface area contributed by atoms with Crippen molar-refractivity contribution < 1.29 is 18.7 Å². The lowest BCUT2D eigenvalue weighted by Gasteiger charge is -2.38. The van der Waals surface area contributed by atoms with Gasteiger partial charge in [-0.1, -0.05) is 23.7 Å². The minimum absolute atomic E-state index is 0.278. The molecule has 0 radical (unpaired) electrons. The van der Waals surface area contributed by atoms with Crippen LogP contribution >= 0.6 is 11.6 Å². The van der Waals surface area contributed by atoms with E-state index in [1.165, 1.54) is 19.2 Å². The van der Waals surface area contributed by atoms with Gasteiger partial charge in [-0.15, -0.1) is 0 Å². The highest BCUT2D eigenvalue weighted by atomic mass is 35.5. The Morgan fingerprint density at radius 1 is 1.22 bits per heavy atom. The molecule has 2 aromatic carbocycles. The van der Waals surface area contributed by atoms with Gasteiger partial charge >= 0.3 is 6.03 Å². The molecule has 27 heavy (non-hydrogen) atoms. The smallest absolute Gasteiger partial charge is 0.319 e. The molecule has 1 aliphatic rings. The molecule has 1 fully saturated rings. The second-order valence-electron chi connectivity index (χ2n) is 6.55. The zero-order valence-corrected chi connectivity index (χ0v) is 15.8. The van der Waals surface area contributed by atoms with Crippen LogP contribution in [0.3, 0.4) is 0 Å². The van der Waals surface area contributed by atoms with Gasteiger partial charge in [-0.25, -0.2) is 9.18 Å². The molecule has 2 amide bonds. The number of carbonyl (C=O) groups is 1. The van der Waals surface area contributed by atoms with Crippen LogP contribution < -0.4 is 15.4 Å². The summed E-state index contributed by atoms with van der Waals surface area (Å²) in [7, 11) is 1.53. The first kappa shape index (κ1) is 19.5. The van der Waals surface area contributed by atoms with Crippen molar-refractivity contribution in [1.29, 1.82) is 0 Å². The first-order chi connectivity index (χ1) is 13.0. The maximum absolute atomic E-state index is 13.3. The van der Waals surface area contributed by atoms with Crippen LogP contribution in [-0.2, 0) is 10.2 Å². The number of ether oxygens (including phenoxy) is 2. The summed E-state index contributed by atoms with van der Waals surface area (Å²) in [5.74, 6) is 0.244. The fourth-order valence-corrected chi connectivity index (χ4v) is 3.50. The van der Waals surface area contributed by atoms with E-state index < -0.39 is 0 Å². The highest BCUT2D eigenvalue weighted by Crippen LogP contribution is 2.34. The van der Waals surface area contributed by atoms with Crippen LogP contribution in [0, 0.1) is 5.82 Å². The van der Waals surface area contributed by atoms with E-state index in [1.54, 1.807) is 30.3 Å². The molecule has 0 aromatic heterocycles. The van der Waals surface area contributed by atoms with E-state index in [0.29, 0.717) is 36.2 Å². The molecular weight excluding hydrogens is 371 g/mol. The molecule has 1 saturated heterocycles. The molecule has 2 aromatic rings. The summed E-state index contributed by atoms with van der Waals surface area (Å²) in [5.41, 5.74) is 1.19. The Morgan fingerprint density at radius 3 is 2.59 bits per heavy atom. The van der Waals surface area contributed by atoms with Gasteiger partial charge in [-0.05, 0) is 48.7 Å². The minimum atomic E-state index is -0.358. The summed E-state index contributed by atoms with van der Waals surface area (Å²) in [6.07, 6.45) is 1.50. The second-order valence-corrected chi connectivity index (χ2v) is 6.99. The molecule has 2 N–H and O–H groups in total. The Bertz CT molecular complexity index is 792. The first-order valence-corrected chi connectivity index (χ1v) is 9.12. The summed E-state index contributed by atoms with van der Waals surface area (Å²) >= 11 is 6.00. The number of amides is 2. The Balaban J connectivity index is 1.71. The van der Waals surface area contributed by atoms with Crippen LogP contribution in [0.25, 0.3) is 0 Å². The van der Waals surface area contributed by atoms with Gasteiger partial charge in [-0.2, -0.15) is 0 Å². The Hall–Kier alpha value is -2.31. The van der Waals surface area contributed by atoms with Crippen LogP contribution in [0.5, 0.6) is 5.75 Å². The number of carbonyl (C=O) groups excluding carboxylic acids is 1. The molecule has 3 rings (SSSR count). The molecule has 144 valence electrons. The number of hydrogen-bond acceptors (Lipinski definition) is 3. The van der Waals surface area contributed by atoms with E-state index in [9.17, 15) is 9.18 Å². The lowest BCUT2D eigenvalue weighted by atomic mass is 9.74. The average Bonchev–Trinajstić information content (AvgIpc) is 2.68. The Kier molecular flexibility index (Phi) is 6.19. The zero-order valence-electron chi connectivity index (χ0n) is 15.1. The molecule has 1 heterocycles. The summed E-state index contributed by atoms with van der Waals surface area (Å²) in [5, 5.41) is 6.19. The highest BCUT2D eigenvalue weighted by molar-refractivity contribution is 6.31. The van der Waals surface area contributed by atoms with E-state index in [0.717, 1.165) is 18.4 Å². The molecule has 1 aliphatic heterocycles. The van der Waals surface area contributed by atoms with Crippen LogP contribution in [0.2, 0.25) is 5.02 Å². The number of methoxy groups -OCH3 is 1. The van der Waals surface area contributed by atoms with Gasteiger partial charge in [0.1, 0.15) is 11.6 Å². The summed E-state index contributed by atoms with van der Waals surface area (Å²) in [6, 6.07) is 11.1. The Morgan fingerprint density at radius 2 is 1.93 bits per heavy atom. The van der Waals surface area contributed by atoms with Crippen LogP contribution in [0.4, 0.5) is 14.9 Å². The van der Waals surface area contributed by atoms with E-state index in [-0.39, 0.29) is 17.3 Å². The largest absolute Gasteiger partial charge is 0.495 e. The number of halogens is 2. The average molecular weight is 393 g/mol. The molecule has 0 saturated carbocycles. The van der Waals surface area contributed by atoms with E-state index >= 15 is 0 Å². The molecule has 0 atom stereocenters. The van der Waals surface area contributed by atoms with Crippen molar-refractivity contribution in [3.63, 3.8) is 0 Å². The monoisotopic (exact) mass is 392 g/mol. The molecule has 0 bridgehead atoms. The fraction of sp³-hybridized carbons (Fsp3) is 0.350. The predicted octanol–water partition coefficient (Wildman–Crippen LogP) is 4.36. The van der Waals surface area contributed by atoms with Gasteiger partial charge in [0.05, 0.1) is 12.8 Å². The Labute approximate surface area is 162 Å². The van der Waals surface area contributed by atoms with Gasteiger partial charge in [-0.3, -0.25) is 0 Å². The minimum Gasteiger partial charge on any atom is -0.495 e. The van der Waals surface area contributed by atoms with Crippen molar-refractivity contribution in [2.75, 3.05) is 32.2 Å². The SMILES string of the molecule is COc1ccc(Cl)cc1NC(=O)NCC1(c2ccc(F)cc2)CCOCC1. The molecule has 0 aliphatic carbocycles. The predicted molar refractivity (Wildman–Crippen MR) is 103 cm³/mol. The highest BCUT2D eigenvalue weighted by Gasteiger charge is 2.35. The number of benzene rings is 2. The van der Waals surface area contributed by atoms with E-state index in [1.807, 2.05) is 0 Å². The fourth-order valence-electron chi connectivity index (χ4n) is 3.33. The second kappa shape index (κ2) is 8.59. The molecular formula is C20H22ClFN2O3. The lowest BCUT2D eigenvalue weighted by molar-refractivity contribution is 0.0508. The number of urea groups is 1. The molecule has 0 unspecified atom stereocenters. The maximum atomic E-state index is 13.3. The van der Waals surface area contributed by atoms with Crippen molar-refractivity contribution in [3.05, 3.63) is 58.9 Å². The molecule has 5 nitrogen and oxygen atoms in total. The summed E-state index contributed by atoms with van der Waals surface area (Å²) < 4.78 is 24.0. The van der Waals surface area contributed by atoms with Gasteiger partial charge < -0.3 is 20.1 Å². The van der Waals surface area contributed by atoms with Crippen molar-refractivity contribution in [3.8, 4) is 5.75 Å². The third kappa shape index (κ3) is 4.70. The molecule has 0 spiro atoms. The van der Waals surface area contributed by atoms with Crippen molar-refractivity contribution in [2.45, 2.75) is 18.3 Å². The number of anilines is 1. The van der Waals surface area contributed by atoms with Gasteiger partial charge in [0.15, 0.2) is 0 Å². The topological polar surface area (TPSA) is 59.6 Å². The molecule has 7 heteroatoms. The number of nitrogens with one attached hydrogen (secondary N) is 2. The van der Waals surface area contributed by atoms with Gasteiger partial charge in [0.25, 0.3) is 0 Å². The van der Waals surface area contributed by atoms with Crippen molar-refractivity contribution in [2.24, 2.45) is 0 Å². The lowest BCUT2D eigenvalue weighted by Crippen LogP contribution is -2.45. The first-order valence-electron chi connectivity index (χ1n) is 8.75. The normalized spacial score (nSPS) is 15.8. The number of rotatable bonds is 5. The zero-order chi connectivity index (χ0) is 19.3. The van der Waals surface area contributed by atoms with Crippen LogP contribution in [0.1, 0.15) is 18.4 Å². The quantitative estimate of drug-likeness (QED) is 0.794. The van der Waals surface area contributed by atoms with Crippen LogP contribution in [0.15, 0.2) is 42.5 Å². The van der Waals surface area contributed by atoms with E-state index in [2.05, 4.69) is 10.6 Å². The maximum Gasteiger partial charge on any atom is 0.319 e. The van der Waals surface area contributed by atoms with Crippen molar-refractivity contribution in [1.82, 2.24) is 5.32 Å².